The second kappa shape index (κ2) is 9.84. The summed E-state index contributed by atoms with van der Waals surface area (Å²) < 4.78 is 0. The fraction of sp³-hybridized carbons (Fsp3) is 0.231. The summed E-state index contributed by atoms with van der Waals surface area (Å²) in [6.07, 6.45) is 3.02. The number of carbonyl (C=O) groups is 3. The molecule has 0 radical (unpaired) electrons. The van der Waals surface area contributed by atoms with Crippen molar-refractivity contribution in [2.75, 3.05) is 4.90 Å². The Bertz CT molecular complexity index is 1260. The minimum Gasteiger partial charge on any atom is -0.322 e. The molecule has 1 aliphatic rings. The molecule has 0 saturated carbocycles. The number of carbonyl (C=O) groups excluding carboxylic acids is 3. The first-order chi connectivity index (χ1) is 16.8. The van der Waals surface area contributed by atoms with E-state index in [1.54, 1.807) is 36.7 Å². The lowest BCUT2D eigenvalue weighted by Gasteiger charge is -2.28. The Hall–Kier alpha value is -4.40. The molecule has 2 heterocycles. The summed E-state index contributed by atoms with van der Waals surface area (Å²) in [5.74, 6) is -1.10. The van der Waals surface area contributed by atoms with Crippen LogP contribution in [0, 0.1) is 10.1 Å². The molecule has 1 aliphatic heterocycles. The van der Waals surface area contributed by atoms with E-state index < -0.39 is 28.7 Å². The number of hydrogen-bond donors (Lipinski definition) is 0. The highest BCUT2D eigenvalue weighted by Gasteiger charge is 2.44. The number of anilines is 1. The lowest BCUT2D eigenvalue weighted by atomic mass is 10.0. The average Bonchev–Trinajstić information content (AvgIpc) is 3.16. The third kappa shape index (κ3) is 4.93. The van der Waals surface area contributed by atoms with E-state index in [1.165, 1.54) is 29.2 Å². The number of hydrogen-bond acceptors (Lipinski definition) is 6. The van der Waals surface area contributed by atoms with Crippen molar-refractivity contribution in [3.8, 4) is 0 Å². The quantitative estimate of drug-likeness (QED) is 0.291. The highest BCUT2D eigenvalue weighted by atomic mass is 16.6. The number of nitro groups is 1. The van der Waals surface area contributed by atoms with Crippen molar-refractivity contribution >= 4 is 29.1 Å². The van der Waals surface area contributed by atoms with E-state index in [1.807, 2.05) is 12.1 Å². The standard InChI is InChI=1S/C26H24N4O5/c1-17(2)19-5-9-21(10-6-19)29-24(31)14-23(26(29)33)28(16-18-4-3-13-27-15-18)25(32)20-7-11-22(12-8-20)30(34)35/h3-13,15,17,23H,14,16H2,1-2H3. The van der Waals surface area contributed by atoms with Gasteiger partial charge in [0.2, 0.25) is 5.91 Å². The van der Waals surface area contributed by atoms with E-state index >= 15 is 0 Å². The maximum Gasteiger partial charge on any atom is 0.269 e. The van der Waals surface area contributed by atoms with Gasteiger partial charge in [-0.1, -0.05) is 32.0 Å². The molecule has 9 heteroatoms. The van der Waals surface area contributed by atoms with Crippen molar-refractivity contribution in [1.29, 1.82) is 0 Å². The first kappa shape index (κ1) is 23.7. The van der Waals surface area contributed by atoms with Gasteiger partial charge in [-0.3, -0.25) is 29.5 Å². The number of nitro benzene ring substituents is 1. The fourth-order valence-corrected chi connectivity index (χ4v) is 4.04. The molecule has 1 fully saturated rings. The molecule has 4 rings (SSSR count). The van der Waals surface area contributed by atoms with E-state index in [2.05, 4.69) is 18.8 Å². The topological polar surface area (TPSA) is 114 Å². The first-order valence-electron chi connectivity index (χ1n) is 11.2. The van der Waals surface area contributed by atoms with Gasteiger partial charge in [0.05, 0.1) is 17.0 Å². The average molecular weight is 473 g/mol. The highest BCUT2D eigenvalue weighted by Crippen LogP contribution is 2.29. The molecule has 2 aromatic carbocycles. The molecule has 178 valence electrons. The van der Waals surface area contributed by atoms with E-state index in [4.69, 9.17) is 0 Å². The number of amides is 3. The van der Waals surface area contributed by atoms with Crippen LogP contribution in [0.4, 0.5) is 11.4 Å². The summed E-state index contributed by atoms with van der Waals surface area (Å²) in [6.45, 7) is 4.15. The SMILES string of the molecule is CC(C)c1ccc(N2C(=O)CC(N(Cc3cccnc3)C(=O)c3ccc([N+](=O)[O-])cc3)C2=O)cc1. The van der Waals surface area contributed by atoms with Crippen LogP contribution >= 0.6 is 0 Å². The van der Waals surface area contributed by atoms with Crippen molar-refractivity contribution in [3.05, 3.63) is 99.9 Å². The lowest BCUT2D eigenvalue weighted by molar-refractivity contribution is -0.384. The molecule has 0 aliphatic carbocycles. The molecule has 0 spiro atoms. The smallest absolute Gasteiger partial charge is 0.269 e. The molecule has 3 aromatic rings. The molecule has 0 bridgehead atoms. The van der Waals surface area contributed by atoms with Gasteiger partial charge in [0.1, 0.15) is 6.04 Å². The summed E-state index contributed by atoms with van der Waals surface area (Å²) in [5.41, 5.74) is 2.25. The Balaban J connectivity index is 1.66. The Morgan fingerprint density at radius 2 is 1.80 bits per heavy atom. The molecule has 1 atom stereocenters. The molecular weight excluding hydrogens is 448 g/mol. The van der Waals surface area contributed by atoms with Crippen LogP contribution in [0.5, 0.6) is 0 Å². The van der Waals surface area contributed by atoms with Gasteiger partial charge in [0.25, 0.3) is 17.5 Å². The molecule has 3 amide bonds. The van der Waals surface area contributed by atoms with Gasteiger partial charge in [-0.15, -0.1) is 0 Å². The molecule has 9 nitrogen and oxygen atoms in total. The Morgan fingerprint density at radius 1 is 1.11 bits per heavy atom. The number of non-ortho nitro benzene ring substituents is 1. The number of imide groups is 1. The molecule has 1 saturated heterocycles. The van der Waals surface area contributed by atoms with Crippen molar-refractivity contribution in [2.24, 2.45) is 0 Å². The number of pyridine rings is 1. The summed E-state index contributed by atoms with van der Waals surface area (Å²) in [4.78, 5) is 56.8. The Kier molecular flexibility index (Phi) is 6.68. The van der Waals surface area contributed by atoms with Crippen LogP contribution < -0.4 is 4.90 Å². The second-order valence-electron chi connectivity index (χ2n) is 8.63. The Morgan fingerprint density at radius 3 is 2.37 bits per heavy atom. The monoisotopic (exact) mass is 472 g/mol. The zero-order valence-corrected chi connectivity index (χ0v) is 19.3. The normalized spacial score (nSPS) is 15.5. The van der Waals surface area contributed by atoms with Gasteiger partial charge < -0.3 is 4.90 Å². The van der Waals surface area contributed by atoms with Crippen LogP contribution in [0.1, 0.15) is 47.7 Å². The van der Waals surface area contributed by atoms with Gasteiger partial charge in [0.15, 0.2) is 0 Å². The summed E-state index contributed by atoms with van der Waals surface area (Å²) in [7, 11) is 0. The van der Waals surface area contributed by atoms with Crippen molar-refractivity contribution in [1.82, 2.24) is 9.88 Å². The van der Waals surface area contributed by atoms with Crippen LogP contribution in [0.25, 0.3) is 0 Å². The second-order valence-corrected chi connectivity index (χ2v) is 8.63. The molecule has 0 N–H and O–H groups in total. The molecule has 35 heavy (non-hydrogen) atoms. The van der Waals surface area contributed by atoms with E-state index in [9.17, 15) is 24.5 Å². The van der Waals surface area contributed by atoms with Gasteiger partial charge in [-0.25, -0.2) is 4.90 Å². The van der Waals surface area contributed by atoms with E-state index in [0.29, 0.717) is 17.2 Å². The van der Waals surface area contributed by atoms with Crippen molar-refractivity contribution < 1.29 is 19.3 Å². The summed E-state index contributed by atoms with van der Waals surface area (Å²) in [6, 6.07) is 14.9. The third-order valence-electron chi connectivity index (χ3n) is 5.98. The first-order valence-corrected chi connectivity index (χ1v) is 11.2. The van der Waals surface area contributed by atoms with Crippen LogP contribution in [0.2, 0.25) is 0 Å². The predicted octanol–water partition coefficient (Wildman–Crippen LogP) is 4.09. The van der Waals surface area contributed by atoms with Gasteiger partial charge in [0, 0.05) is 36.6 Å². The van der Waals surface area contributed by atoms with E-state index in [0.717, 1.165) is 10.5 Å². The van der Waals surface area contributed by atoms with Gasteiger partial charge in [-0.05, 0) is 47.4 Å². The zero-order chi connectivity index (χ0) is 25.1. The summed E-state index contributed by atoms with van der Waals surface area (Å²) >= 11 is 0. The number of benzene rings is 2. The highest BCUT2D eigenvalue weighted by molar-refractivity contribution is 6.23. The summed E-state index contributed by atoms with van der Waals surface area (Å²) in [5, 5.41) is 11.0. The lowest BCUT2D eigenvalue weighted by Crippen LogP contribution is -2.45. The number of aromatic nitrogens is 1. The largest absolute Gasteiger partial charge is 0.322 e. The Labute approximate surface area is 202 Å². The van der Waals surface area contributed by atoms with Crippen LogP contribution in [-0.2, 0) is 16.1 Å². The van der Waals surface area contributed by atoms with Crippen LogP contribution in [-0.4, -0.2) is 38.6 Å². The third-order valence-corrected chi connectivity index (χ3v) is 5.98. The van der Waals surface area contributed by atoms with E-state index in [-0.39, 0.29) is 24.2 Å². The molecule has 1 aromatic heterocycles. The molecule has 1 unspecified atom stereocenters. The maximum absolute atomic E-state index is 13.5. The van der Waals surface area contributed by atoms with Crippen LogP contribution in [0.15, 0.2) is 73.1 Å². The minimum absolute atomic E-state index is 0.0491. The van der Waals surface area contributed by atoms with Crippen molar-refractivity contribution in [2.45, 2.75) is 38.8 Å². The minimum atomic E-state index is -1.02. The predicted molar refractivity (Wildman–Crippen MR) is 129 cm³/mol. The fourth-order valence-electron chi connectivity index (χ4n) is 4.04. The number of nitrogens with zero attached hydrogens (tertiary/aromatic N) is 4. The number of rotatable bonds is 7. The zero-order valence-electron chi connectivity index (χ0n) is 19.3. The van der Waals surface area contributed by atoms with Gasteiger partial charge in [-0.2, -0.15) is 0 Å². The van der Waals surface area contributed by atoms with Crippen LogP contribution in [0.3, 0.4) is 0 Å². The molecular formula is C26H24N4O5. The van der Waals surface area contributed by atoms with Crippen molar-refractivity contribution in [3.63, 3.8) is 0 Å². The maximum atomic E-state index is 13.5. The van der Waals surface area contributed by atoms with Gasteiger partial charge >= 0.3 is 0 Å².